The van der Waals surface area contributed by atoms with E-state index in [1.807, 2.05) is 66.9 Å². The number of rotatable bonds is 13. The Bertz CT molecular complexity index is 1970. The molecule has 252 valence electrons. The van der Waals surface area contributed by atoms with E-state index in [2.05, 4.69) is 15.5 Å². The van der Waals surface area contributed by atoms with Crippen LogP contribution in [0.5, 0.6) is 17.2 Å². The van der Waals surface area contributed by atoms with Gasteiger partial charge in [-0.15, -0.1) is 21.5 Å². The number of amides is 2. The van der Waals surface area contributed by atoms with Gasteiger partial charge in [0.05, 0.1) is 55.3 Å². The Morgan fingerprint density at radius 3 is 2.53 bits per heavy atom. The molecule has 2 amide bonds. The van der Waals surface area contributed by atoms with Crippen molar-refractivity contribution in [3.05, 3.63) is 112 Å². The molecule has 1 N–H and O–H groups in total. The van der Waals surface area contributed by atoms with Gasteiger partial charge in [-0.3, -0.25) is 14.2 Å². The summed E-state index contributed by atoms with van der Waals surface area (Å²) in [6, 6.07) is 22.2. The zero-order chi connectivity index (χ0) is 34.3. The van der Waals surface area contributed by atoms with Crippen LogP contribution in [0.4, 0.5) is 4.39 Å². The van der Waals surface area contributed by atoms with Crippen LogP contribution < -0.4 is 19.5 Å². The van der Waals surface area contributed by atoms with Gasteiger partial charge < -0.3 is 19.5 Å². The van der Waals surface area contributed by atoms with E-state index < -0.39 is 17.8 Å². The quantitative estimate of drug-likeness (QED) is 0.143. The molecule has 2 aromatic heterocycles. The molecule has 1 atom stereocenters. The van der Waals surface area contributed by atoms with Crippen molar-refractivity contribution in [2.45, 2.75) is 31.1 Å². The molecule has 11 nitrogen and oxygen atoms in total. The first-order valence-electron chi connectivity index (χ1n) is 15.4. The third-order valence-electron chi connectivity index (χ3n) is 7.72. The number of ether oxygens (including phenoxy) is 3. The minimum absolute atomic E-state index is 0.0131. The van der Waals surface area contributed by atoms with Gasteiger partial charge in [0, 0.05) is 17.7 Å². The largest absolute Gasteiger partial charge is 0.494 e. The van der Waals surface area contributed by atoms with E-state index in [4.69, 9.17) is 19.3 Å². The number of aromatic nitrogens is 3. The maximum Gasteiger partial charge on any atom is 0.254 e. The summed E-state index contributed by atoms with van der Waals surface area (Å²) in [4.78, 5) is 27.8. The second-order valence-corrected chi connectivity index (χ2v) is 12.6. The first-order chi connectivity index (χ1) is 23.9. The molecule has 3 aromatic carbocycles. The number of halogens is 1. The van der Waals surface area contributed by atoms with Gasteiger partial charge in [0.1, 0.15) is 11.6 Å². The standard InChI is InChI=1S/C35H33FN6O5S2/c1-4-47-23-16-14-22(15-17-23)41-31(20-37-34(44)24-9-5-6-11-26(24)36)38-39-35(41)49-21-32(43)42-28(19-27(40-42)30-13-8-18-48-30)25-10-7-12-29(45-2)33(25)46-3/h5-18,28H,4,19-21H2,1-3H3,(H,37,44). The SMILES string of the molecule is CCOc1ccc(-n2c(CNC(=O)c3ccccc3F)nnc2SCC(=O)N2N=C(c3cccs3)CC2c2cccc(OC)c2OC)cc1. The van der Waals surface area contributed by atoms with Gasteiger partial charge in [-0.1, -0.05) is 42.1 Å². The number of hydrazone groups is 1. The van der Waals surface area contributed by atoms with E-state index in [1.54, 1.807) is 36.2 Å². The summed E-state index contributed by atoms with van der Waals surface area (Å²) in [5, 5.41) is 20.1. The smallest absolute Gasteiger partial charge is 0.254 e. The first kappa shape index (κ1) is 33.7. The van der Waals surface area contributed by atoms with Crippen LogP contribution in [-0.2, 0) is 11.3 Å². The third kappa shape index (κ3) is 7.29. The van der Waals surface area contributed by atoms with Gasteiger partial charge in [0.2, 0.25) is 0 Å². The number of para-hydroxylation sites is 1. The summed E-state index contributed by atoms with van der Waals surface area (Å²) in [6.45, 7) is 2.37. The van der Waals surface area contributed by atoms with E-state index in [0.29, 0.717) is 46.9 Å². The molecule has 0 spiro atoms. The van der Waals surface area contributed by atoms with Crippen LogP contribution in [-0.4, -0.2) is 63.9 Å². The average Bonchev–Trinajstić information content (AvgIpc) is 3.90. The number of hydrogen-bond donors (Lipinski definition) is 1. The molecule has 0 saturated carbocycles. The van der Waals surface area contributed by atoms with Gasteiger partial charge in [-0.25, -0.2) is 9.40 Å². The van der Waals surface area contributed by atoms with Crippen LogP contribution >= 0.6 is 23.1 Å². The number of nitrogens with one attached hydrogen (secondary N) is 1. The number of carbonyl (C=O) groups excluding carboxylic acids is 2. The molecule has 3 heterocycles. The molecule has 1 aliphatic rings. The molecule has 1 aliphatic heterocycles. The van der Waals surface area contributed by atoms with Crippen LogP contribution in [0.25, 0.3) is 5.69 Å². The zero-order valence-corrected chi connectivity index (χ0v) is 28.6. The zero-order valence-electron chi connectivity index (χ0n) is 27.0. The molecule has 5 aromatic rings. The fourth-order valence-electron chi connectivity index (χ4n) is 5.47. The lowest BCUT2D eigenvalue weighted by atomic mass is 9.99. The van der Waals surface area contributed by atoms with E-state index in [1.165, 1.54) is 35.0 Å². The predicted molar refractivity (Wildman–Crippen MR) is 185 cm³/mol. The maximum absolute atomic E-state index is 14.3. The molecule has 0 bridgehead atoms. The van der Waals surface area contributed by atoms with Crippen molar-refractivity contribution in [3.63, 3.8) is 0 Å². The van der Waals surface area contributed by atoms with Gasteiger partial charge >= 0.3 is 0 Å². The normalized spacial score (nSPS) is 14.0. The molecule has 14 heteroatoms. The first-order valence-corrected chi connectivity index (χ1v) is 17.3. The molecule has 49 heavy (non-hydrogen) atoms. The molecule has 6 rings (SSSR count). The minimum atomic E-state index is -0.626. The number of thiophene rings is 1. The minimum Gasteiger partial charge on any atom is -0.494 e. The number of methoxy groups -OCH3 is 2. The molecule has 0 saturated heterocycles. The average molecular weight is 701 g/mol. The van der Waals surface area contributed by atoms with Crippen LogP contribution in [0.3, 0.4) is 0 Å². The lowest BCUT2D eigenvalue weighted by molar-refractivity contribution is -0.130. The van der Waals surface area contributed by atoms with Crippen LogP contribution in [0, 0.1) is 5.82 Å². The summed E-state index contributed by atoms with van der Waals surface area (Å²) < 4.78 is 32.9. The third-order valence-corrected chi connectivity index (χ3v) is 9.55. The molecule has 1 unspecified atom stereocenters. The summed E-state index contributed by atoms with van der Waals surface area (Å²) in [5.41, 5.74) is 2.19. The summed E-state index contributed by atoms with van der Waals surface area (Å²) in [6.07, 6.45) is 0.495. The second kappa shape index (κ2) is 15.3. The van der Waals surface area contributed by atoms with Crippen LogP contribution in [0.1, 0.15) is 46.0 Å². The lowest BCUT2D eigenvalue weighted by Gasteiger charge is -2.24. The lowest BCUT2D eigenvalue weighted by Crippen LogP contribution is -2.29. The van der Waals surface area contributed by atoms with Crippen molar-refractivity contribution in [2.75, 3.05) is 26.6 Å². The van der Waals surface area contributed by atoms with Gasteiger partial charge in [-0.05, 0) is 60.8 Å². The van der Waals surface area contributed by atoms with Gasteiger partial charge in [0.25, 0.3) is 11.8 Å². The Morgan fingerprint density at radius 1 is 1.00 bits per heavy atom. The highest BCUT2D eigenvalue weighted by atomic mass is 32.2. The fraction of sp³-hybridized carbons (Fsp3) is 0.229. The van der Waals surface area contributed by atoms with E-state index in [0.717, 1.165) is 16.2 Å². The number of carbonyl (C=O) groups is 2. The van der Waals surface area contributed by atoms with Crippen molar-refractivity contribution in [1.82, 2.24) is 25.1 Å². The van der Waals surface area contributed by atoms with E-state index in [9.17, 15) is 14.0 Å². The Balaban J connectivity index is 1.27. The highest BCUT2D eigenvalue weighted by molar-refractivity contribution is 7.99. The van der Waals surface area contributed by atoms with Gasteiger partial charge in [0.15, 0.2) is 22.5 Å². The highest BCUT2D eigenvalue weighted by Gasteiger charge is 2.36. The Morgan fingerprint density at radius 2 is 1.82 bits per heavy atom. The molecular formula is C35H33FN6O5S2. The van der Waals surface area contributed by atoms with Crippen molar-refractivity contribution in [3.8, 4) is 22.9 Å². The molecular weight excluding hydrogens is 668 g/mol. The molecule has 0 radical (unpaired) electrons. The van der Waals surface area contributed by atoms with E-state index in [-0.39, 0.29) is 23.8 Å². The second-order valence-electron chi connectivity index (χ2n) is 10.7. The van der Waals surface area contributed by atoms with Gasteiger partial charge in [-0.2, -0.15) is 5.10 Å². The highest BCUT2D eigenvalue weighted by Crippen LogP contribution is 2.42. The Hall–Kier alpha value is -5.21. The molecule has 0 aliphatic carbocycles. The van der Waals surface area contributed by atoms with Crippen molar-refractivity contribution in [1.29, 1.82) is 0 Å². The summed E-state index contributed by atoms with van der Waals surface area (Å²) in [5.74, 6) is 0.704. The topological polar surface area (TPSA) is 120 Å². The summed E-state index contributed by atoms with van der Waals surface area (Å²) >= 11 is 2.75. The fourth-order valence-corrected chi connectivity index (χ4v) is 7.01. The van der Waals surface area contributed by atoms with Crippen molar-refractivity contribution >= 4 is 40.6 Å². The van der Waals surface area contributed by atoms with Crippen LogP contribution in [0.2, 0.25) is 0 Å². The van der Waals surface area contributed by atoms with Crippen LogP contribution in [0.15, 0.2) is 94.5 Å². The molecule has 0 fully saturated rings. The predicted octanol–water partition coefficient (Wildman–Crippen LogP) is 6.28. The number of nitrogens with zero attached hydrogens (tertiary/aromatic N) is 5. The Labute approximate surface area is 290 Å². The van der Waals surface area contributed by atoms with Crippen molar-refractivity contribution in [2.24, 2.45) is 5.10 Å². The summed E-state index contributed by atoms with van der Waals surface area (Å²) in [7, 11) is 3.15. The Kier molecular flexibility index (Phi) is 10.5. The maximum atomic E-state index is 14.3. The number of thioether (sulfide) groups is 1. The number of hydrogen-bond acceptors (Lipinski definition) is 10. The van der Waals surface area contributed by atoms with Crippen molar-refractivity contribution < 1.29 is 28.2 Å². The number of benzene rings is 3. The monoisotopic (exact) mass is 700 g/mol. The van der Waals surface area contributed by atoms with E-state index >= 15 is 0 Å².